The van der Waals surface area contributed by atoms with Gasteiger partial charge < -0.3 is 14.7 Å². The van der Waals surface area contributed by atoms with Crippen LogP contribution in [-0.2, 0) is 4.57 Å². The monoisotopic (exact) mass is 272 g/mol. The van der Waals surface area contributed by atoms with Gasteiger partial charge in [0.2, 0.25) is 0 Å². The van der Waals surface area contributed by atoms with Gasteiger partial charge in [-0.05, 0) is 0 Å². The molecule has 0 aliphatic carbocycles. The molecule has 0 amide bonds. The Hall–Kier alpha value is 2.03. The van der Waals surface area contributed by atoms with Crippen LogP contribution in [0.15, 0.2) is 0 Å². The molecule has 3 N–H and O–H groups in total. The minimum atomic E-state index is -4.64. The molecule has 0 aliphatic rings. The fourth-order valence-corrected chi connectivity index (χ4v) is 0. The summed E-state index contributed by atoms with van der Waals surface area (Å²) in [5, 5.41) is 0. The molecule has 0 fully saturated rings. The van der Waals surface area contributed by atoms with Crippen LogP contribution in [0.3, 0.4) is 0 Å². The first kappa shape index (κ1) is 16.0. The van der Waals surface area contributed by atoms with Gasteiger partial charge in [0.05, 0.1) is 0 Å². The molecule has 7 heavy (non-hydrogen) atoms. The van der Waals surface area contributed by atoms with Crippen LogP contribution in [0.1, 0.15) is 0 Å². The summed E-state index contributed by atoms with van der Waals surface area (Å²) in [7, 11) is -4.64. The summed E-state index contributed by atoms with van der Waals surface area (Å²) in [5.74, 6) is 0. The summed E-state index contributed by atoms with van der Waals surface area (Å²) in [6.45, 7) is 0. The van der Waals surface area contributed by atoms with Crippen molar-refractivity contribution in [2.75, 3.05) is 0 Å². The van der Waals surface area contributed by atoms with Crippen molar-refractivity contribution in [1.29, 1.82) is 0 Å². The predicted molar refractivity (Wildman–Crippen MR) is 33.2 cm³/mol. The van der Waals surface area contributed by atoms with Crippen LogP contribution < -0.4 is 0 Å². The van der Waals surface area contributed by atoms with E-state index in [0.29, 0.717) is 0 Å². The van der Waals surface area contributed by atoms with Crippen LogP contribution >= 0.6 is 21.3 Å². The molecular weight excluding hydrogens is 264 g/mol. The minimum absolute atomic E-state index is 0. The van der Waals surface area contributed by atoms with E-state index in [1.807, 2.05) is 0 Å². The Morgan fingerprint density at radius 1 is 1.14 bits per heavy atom. The molecule has 7 heteroatoms. The standard InChI is InChI=1S/Ba.H3O4P.H2S.2H/c;1-5(2,3)4;;;/h;(H3,1,2,3,4);1H2;;. The Morgan fingerprint density at radius 2 is 1.14 bits per heavy atom. The first-order valence-corrected chi connectivity index (χ1v) is 2.35. The van der Waals surface area contributed by atoms with Crippen LogP contribution in [0, 0.1) is 0 Å². The summed E-state index contributed by atoms with van der Waals surface area (Å²) in [4.78, 5) is 21.6. The first-order chi connectivity index (χ1) is 2.00. The summed E-state index contributed by atoms with van der Waals surface area (Å²) in [6, 6.07) is 0. The fraction of sp³-hybridized carbons (Fsp3) is 0. The zero-order valence-electron chi connectivity index (χ0n) is 2.70. The van der Waals surface area contributed by atoms with E-state index in [0.717, 1.165) is 0 Å². The van der Waals surface area contributed by atoms with Crippen LogP contribution in [-0.4, -0.2) is 63.6 Å². The topological polar surface area (TPSA) is 77.8 Å². The van der Waals surface area contributed by atoms with E-state index < -0.39 is 7.82 Å². The van der Waals surface area contributed by atoms with Crippen LogP contribution in [0.2, 0.25) is 0 Å². The third-order valence-electron chi connectivity index (χ3n) is 0. The third-order valence-corrected chi connectivity index (χ3v) is 0. The molecule has 4 nitrogen and oxygen atoms in total. The second kappa shape index (κ2) is 6.16. The average molecular weight is 271 g/mol. The van der Waals surface area contributed by atoms with Gasteiger partial charge in [-0.15, -0.1) is 0 Å². The van der Waals surface area contributed by atoms with Gasteiger partial charge in [0, 0.05) is 0 Å². The molecule has 0 heterocycles. The van der Waals surface area contributed by atoms with Gasteiger partial charge in [0.15, 0.2) is 0 Å². The second-order valence-corrected chi connectivity index (χ2v) is 1.54. The van der Waals surface area contributed by atoms with Crippen molar-refractivity contribution in [3.05, 3.63) is 0 Å². The van der Waals surface area contributed by atoms with Gasteiger partial charge in [-0.1, -0.05) is 0 Å². The van der Waals surface area contributed by atoms with Crippen molar-refractivity contribution in [3.63, 3.8) is 0 Å². The Bertz CT molecular complexity index is 57.8. The van der Waals surface area contributed by atoms with Gasteiger partial charge in [0.25, 0.3) is 0 Å². The molecule has 0 saturated heterocycles. The average Bonchev–Trinajstić information content (AvgIpc) is 0.722. The Labute approximate surface area is 88.1 Å². The fourth-order valence-electron chi connectivity index (χ4n) is 0. The number of rotatable bonds is 0. The van der Waals surface area contributed by atoms with Gasteiger partial charge in [-0.3, -0.25) is 0 Å². The molecule has 0 aromatic carbocycles. The van der Waals surface area contributed by atoms with E-state index in [-0.39, 0.29) is 62.4 Å². The normalized spacial score (nSPS) is 8.43. The molecule has 0 atom stereocenters. The maximum atomic E-state index is 8.88. The van der Waals surface area contributed by atoms with Crippen LogP contribution in [0.4, 0.5) is 0 Å². The maximum absolute atomic E-state index is 8.88. The molecule has 0 bridgehead atoms. The molecule has 0 aromatic heterocycles. The van der Waals surface area contributed by atoms with Crippen molar-refractivity contribution >= 4 is 70.2 Å². The predicted octanol–water partition coefficient (Wildman–Crippen LogP) is -1.73. The van der Waals surface area contributed by atoms with E-state index in [4.69, 9.17) is 19.2 Å². The van der Waals surface area contributed by atoms with Gasteiger partial charge >= 0.3 is 56.7 Å². The number of phosphoric acid groups is 1. The summed E-state index contributed by atoms with van der Waals surface area (Å²) in [5.41, 5.74) is 0. The third kappa shape index (κ3) is 70.8. The Balaban J connectivity index is -0.0000000800. The van der Waals surface area contributed by atoms with E-state index in [2.05, 4.69) is 0 Å². The van der Waals surface area contributed by atoms with Crippen molar-refractivity contribution in [2.24, 2.45) is 0 Å². The molecule has 44 valence electrons. The Kier molecular flexibility index (Phi) is 14.1. The van der Waals surface area contributed by atoms with Crippen LogP contribution in [0.5, 0.6) is 0 Å². The van der Waals surface area contributed by atoms with E-state index in [1.165, 1.54) is 0 Å². The molecule has 0 saturated carbocycles. The molecule has 0 aliphatic heterocycles. The van der Waals surface area contributed by atoms with E-state index in [9.17, 15) is 0 Å². The summed E-state index contributed by atoms with van der Waals surface area (Å²) in [6.07, 6.45) is 0. The van der Waals surface area contributed by atoms with Crippen molar-refractivity contribution in [2.45, 2.75) is 0 Å². The SMILES string of the molecule is O=P(O)(O)O.S.[BaH2]. The summed E-state index contributed by atoms with van der Waals surface area (Å²) < 4.78 is 8.88. The zero-order chi connectivity index (χ0) is 4.50. The second-order valence-electron chi connectivity index (χ2n) is 0.513. The molecule has 0 radical (unpaired) electrons. The van der Waals surface area contributed by atoms with Gasteiger partial charge in [-0.2, -0.15) is 13.5 Å². The summed E-state index contributed by atoms with van der Waals surface area (Å²) >= 11 is 0. The number of hydrogen-bond acceptors (Lipinski definition) is 1. The quantitative estimate of drug-likeness (QED) is 0.361. The van der Waals surface area contributed by atoms with E-state index in [1.54, 1.807) is 0 Å². The molecule has 0 aromatic rings. The molecule has 0 spiro atoms. The van der Waals surface area contributed by atoms with Crippen molar-refractivity contribution in [3.8, 4) is 0 Å². The van der Waals surface area contributed by atoms with Gasteiger partial charge in [0.1, 0.15) is 0 Å². The van der Waals surface area contributed by atoms with E-state index >= 15 is 0 Å². The van der Waals surface area contributed by atoms with Gasteiger partial charge in [-0.25, -0.2) is 4.57 Å². The first-order valence-electron chi connectivity index (χ1n) is 0.783. The molecular formula is H7BaO4PS. The molecule has 0 rings (SSSR count). The van der Waals surface area contributed by atoms with Crippen molar-refractivity contribution in [1.82, 2.24) is 0 Å². The zero-order valence-corrected chi connectivity index (χ0v) is 4.59. The Morgan fingerprint density at radius 3 is 1.14 bits per heavy atom. The number of hydrogen-bond donors (Lipinski definition) is 3. The van der Waals surface area contributed by atoms with Crippen molar-refractivity contribution < 1.29 is 19.2 Å². The molecule has 0 unspecified atom stereocenters. The van der Waals surface area contributed by atoms with Crippen LogP contribution in [0.25, 0.3) is 0 Å².